The third-order valence-electron chi connectivity index (χ3n) is 4.53. The summed E-state index contributed by atoms with van der Waals surface area (Å²) < 4.78 is 10.7. The van der Waals surface area contributed by atoms with Crippen LogP contribution in [-0.2, 0) is 9.47 Å². The summed E-state index contributed by atoms with van der Waals surface area (Å²) in [6.07, 6.45) is 4.58. The lowest BCUT2D eigenvalue weighted by Gasteiger charge is -2.23. The molecule has 2 N–H and O–H groups in total. The number of guanidine groups is 1. The number of amides is 1. The maximum absolute atomic E-state index is 11.7. The molecule has 0 aromatic heterocycles. The van der Waals surface area contributed by atoms with Crippen molar-refractivity contribution in [2.24, 2.45) is 16.8 Å². The zero-order valence-electron chi connectivity index (χ0n) is 15.9. The summed E-state index contributed by atoms with van der Waals surface area (Å²) in [5, 5.41) is 6.26. The highest BCUT2D eigenvalue weighted by atomic mass is 16.5. The molecule has 2 aliphatic rings. The van der Waals surface area contributed by atoms with Gasteiger partial charge >= 0.3 is 6.09 Å². The monoisotopic (exact) mass is 354 g/mol. The van der Waals surface area contributed by atoms with Gasteiger partial charge in [0.1, 0.15) is 0 Å². The summed E-state index contributed by atoms with van der Waals surface area (Å²) in [4.78, 5) is 18.5. The van der Waals surface area contributed by atoms with Gasteiger partial charge in [0.2, 0.25) is 0 Å². The van der Waals surface area contributed by atoms with Crippen LogP contribution in [0.25, 0.3) is 0 Å². The Morgan fingerprint density at radius 2 is 2.04 bits per heavy atom. The Morgan fingerprint density at radius 3 is 2.64 bits per heavy atom. The molecule has 1 amide bonds. The Kier molecular flexibility index (Phi) is 8.31. The Morgan fingerprint density at radius 1 is 1.28 bits per heavy atom. The summed E-state index contributed by atoms with van der Waals surface area (Å²) in [7, 11) is 2.02. The van der Waals surface area contributed by atoms with Crippen LogP contribution in [0.2, 0.25) is 0 Å². The summed E-state index contributed by atoms with van der Waals surface area (Å²) >= 11 is 0. The molecule has 2 aliphatic carbocycles. The van der Waals surface area contributed by atoms with E-state index in [9.17, 15) is 4.79 Å². The number of aliphatic imine (C=N–C) groups is 1. The topological polar surface area (TPSA) is 75.2 Å². The van der Waals surface area contributed by atoms with Crippen LogP contribution in [-0.4, -0.2) is 69.5 Å². The molecule has 0 aromatic rings. The van der Waals surface area contributed by atoms with E-state index in [0.29, 0.717) is 25.7 Å². The van der Waals surface area contributed by atoms with E-state index < -0.39 is 0 Å². The summed E-state index contributed by atoms with van der Waals surface area (Å²) in [5.74, 6) is 2.16. The Balaban J connectivity index is 1.79. The van der Waals surface area contributed by atoms with Crippen LogP contribution < -0.4 is 10.6 Å². The van der Waals surface area contributed by atoms with Gasteiger partial charge in [-0.05, 0) is 51.4 Å². The van der Waals surface area contributed by atoms with Crippen LogP contribution in [0.1, 0.15) is 39.5 Å². The van der Waals surface area contributed by atoms with Crippen molar-refractivity contribution in [1.29, 1.82) is 0 Å². The lowest BCUT2D eigenvalue weighted by atomic mass is 10.2. The minimum absolute atomic E-state index is 0.0484. The predicted molar refractivity (Wildman–Crippen MR) is 98.8 cm³/mol. The van der Waals surface area contributed by atoms with Crippen LogP contribution in [0.3, 0.4) is 0 Å². The van der Waals surface area contributed by atoms with E-state index in [1.807, 2.05) is 14.0 Å². The van der Waals surface area contributed by atoms with Crippen molar-refractivity contribution in [3.05, 3.63) is 0 Å². The van der Waals surface area contributed by atoms with E-state index in [-0.39, 0.29) is 12.1 Å². The highest BCUT2D eigenvalue weighted by Crippen LogP contribution is 2.32. The van der Waals surface area contributed by atoms with Crippen LogP contribution in [0.15, 0.2) is 4.99 Å². The smallest absolute Gasteiger partial charge is 0.407 e. The number of rotatable bonds is 11. The standard InChI is InChI=1S/C18H34N4O3/c1-4-19-17(22(3)10-11-24-13-14-6-7-14)20-12-16(15-8-9-15)21-18(23)25-5-2/h14-16H,4-13H2,1-3H3,(H,19,20)(H,21,23). The second kappa shape index (κ2) is 10.5. The molecule has 7 heteroatoms. The number of alkyl carbamates (subject to hydrolysis) is 1. The third kappa shape index (κ3) is 7.94. The lowest BCUT2D eigenvalue weighted by Crippen LogP contribution is -2.43. The van der Waals surface area contributed by atoms with Crippen molar-refractivity contribution in [3.63, 3.8) is 0 Å². The quantitative estimate of drug-likeness (QED) is 0.336. The van der Waals surface area contributed by atoms with E-state index in [1.165, 1.54) is 12.8 Å². The number of carbonyl (C=O) groups excluding carboxylic acids is 1. The minimum Gasteiger partial charge on any atom is -0.450 e. The fourth-order valence-corrected chi connectivity index (χ4v) is 2.63. The SMILES string of the molecule is CCNC(=NCC(NC(=O)OCC)C1CC1)N(C)CCOCC1CC1. The van der Waals surface area contributed by atoms with E-state index >= 15 is 0 Å². The van der Waals surface area contributed by atoms with E-state index in [2.05, 4.69) is 22.5 Å². The van der Waals surface area contributed by atoms with Crippen LogP contribution in [0.4, 0.5) is 4.79 Å². The van der Waals surface area contributed by atoms with Crippen LogP contribution in [0, 0.1) is 11.8 Å². The van der Waals surface area contributed by atoms with Crippen molar-refractivity contribution < 1.29 is 14.3 Å². The van der Waals surface area contributed by atoms with Crippen molar-refractivity contribution in [1.82, 2.24) is 15.5 Å². The highest BCUT2D eigenvalue weighted by Gasteiger charge is 2.32. The Bertz CT molecular complexity index is 436. The number of nitrogens with one attached hydrogen (secondary N) is 2. The van der Waals surface area contributed by atoms with Crippen molar-refractivity contribution in [2.45, 2.75) is 45.6 Å². The highest BCUT2D eigenvalue weighted by molar-refractivity contribution is 5.79. The summed E-state index contributed by atoms with van der Waals surface area (Å²) in [5.41, 5.74) is 0. The number of hydrogen-bond acceptors (Lipinski definition) is 4. The van der Waals surface area contributed by atoms with Gasteiger partial charge in [-0.25, -0.2) is 4.79 Å². The molecule has 2 fully saturated rings. The van der Waals surface area contributed by atoms with Gasteiger partial charge in [0.05, 0.1) is 25.8 Å². The van der Waals surface area contributed by atoms with Gasteiger partial charge in [0, 0.05) is 26.7 Å². The molecule has 0 bridgehead atoms. The maximum Gasteiger partial charge on any atom is 0.407 e. The lowest BCUT2D eigenvalue weighted by molar-refractivity contribution is 0.115. The molecule has 25 heavy (non-hydrogen) atoms. The molecule has 1 atom stereocenters. The number of ether oxygens (including phenoxy) is 2. The number of likely N-dealkylation sites (N-methyl/N-ethyl adjacent to an activating group) is 1. The fourth-order valence-electron chi connectivity index (χ4n) is 2.63. The number of nitrogens with zero attached hydrogens (tertiary/aromatic N) is 2. The first kappa shape index (κ1) is 19.8. The van der Waals surface area contributed by atoms with Crippen LogP contribution >= 0.6 is 0 Å². The van der Waals surface area contributed by atoms with Gasteiger partial charge < -0.3 is 25.0 Å². The normalized spacial score (nSPS) is 18.6. The van der Waals surface area contributed by atoms with Crippen molar-refractivity contribution in [3.8, 4) is 0 Å². The number of hydrogen-bond donors (Lipinski definition) is 2. The molecule has 2 saturated carbocycles. The first-order chi connectivity index (χ1) is 12.1. The summed E-state index contributed by atoms with van der Waals surface area (Å²) in [6.45, 7) is 8.04. The first-order valence-corrected chi connectivity index (χ1v) is 9.64. The minimum atomic E-state index is -0.346. The molecule has 1 unspecified atom stereocenters. The van der Waals surface area contributed by atoms with Crippen molar-refractivity contribution in [2.75, 3.05) is 46.5 Å². The molecule has 0 spiro atoms. The van der Waals surface area contributed by atoms with Gasteiger partial charge in [-0.15, -0.1) is 0 Å². The molecule has 2 rings (SSSR count). The first-order valence-electron chi connectivity index (χ1n) is 9.64. The molecule has 144 valence electrons. The van der Waals surface area contributed by atoms with Gasteiger partial charge in [-0.3, -0.25) is 4.99 Å². The van der Waals surface area contributed by atoms with Crippen molar-refractivity contribution >= 4 is 12.1 Å². The van der Waals surface area contributed by atoms with Gasteiger partial charge in [0.15, 0.2) is 5.96 Å². The zero-order chi connectivity index (χ0) is 18.1. The average Bonchev–Trinajstić information content (AvgIpc) is 3.47. The zero-order valence-corrected chi connectivity index (χ0v) is 15.9. The van der Waals surface area contributed by atoms with Gasteiger partial charge in [-0.2, -0.15) is 0 Å². The fraction of sp³-hybridized carbons (Fsp3) is 0.889. The predicted octanol–water partition coefficient (Wildman–Crippen LogP) is 1.83. The molecular weight excluding hydrogens is 320 g/mol. The molecule has 0 radical (unpaired) electrons. The van der Waals surface area contributed by atoms with E-state index in [4.69, 9.17) is 14.5 Å². The Hall–Kier alpha value is -1.50. The maximum atomic E-state index is 11.7. The van der Waals surface area contributed by atoms with Gasteiger partial charge in [0.25, 0.3) is 0 Å². The van der Waals surface area contributed by atoms with E-state index in [0.717, 1.165) is 44.4 Å². The molecule has 0 heterocycles. The molecule has 0 saturated heterocycles. The van der Waals surface area contributed by atoms with Crippen LogP contribution in [0.5, 0.6) is 0 Å². The van der Waals surface area contributed by atoms with E-state index in [1.54, 1.807) is 0 Å². The molecule has 7 nitrogen and oxygen atoms in total. The largest absolute Gasteiger partial charge is 0.450 e. The summed E-state index contributed by atoms with van der Waals surface area (Å²) in [6, 6.07) is 0.0484. The Labute approximate surface area is 151 Å². The number of carbonyl (C=O) groups is 1. The van der Waals surface area contributed by atoms with Gasteiger partial charge in [-0.1, -0.05) is 0 Å². The second-order valence-corrected chi connectivity index (χ2v) is 6.94. The third-order valence-corrected chi connectivity index (χ3v) is 4.53. The molecule has 0 aliphatic heterocycles. The molecular formula is C18H34N4O3. The average molecular weight is 354 g/mol. The molecule has 0 aromatic carbocycles. The second-order valence-electron chi connectivity index (χ2n) is 6.94.